The molecule has 4 fully saturated rings. The minimum Gasteiger partial charge on any atom is -0.376 e. The Morgan fingerprint density at radius 1 is 1.08 bits per heavy atom. The zero-order valence-electron chi connectivity index (χ0n) is 15.0. The number of methoxy groups -OCH3 is 1. The number of hydrogen-bond acceptors (Lipinski definition) is 3. The van der Waals surface area contributed by atoms with Gasteiger partial charge in [-0.05, 0) is 67.9 Å². The molecule has 140 valence electrons. The molecule has 4 bridgehead atoms. The lowest BCUT2D eigenvalue weighted by Crippen LogP contribution is -2.63. The van der Waals surface area contributed by atoms with Crippen molar-refractivity contribution in [1.82, 2.24) is 5.32 Å². The van der Waals surface area contributed by atoms with Crippen molar-refractivity contribution in [2.75, 3.05) is 19.0 Å². The van der Waals surface area contributed by atoms with Crippen molar-refractivity contribution in [3.63, 3.8) is 0 Å². The molecule has 4 aliphatic rings. The monoisotopic (exact) mass is 360 g/mol. The van der Waals surface area contributed by atoms with Gasteiger partial charge in [-0.25, -0.2) is 4.39 Å². The molecule has 0 radical (unpaired) electrons. The molecule has 0 spiro atoms. The second-order valence-electron chi connectivity index (χ2n) is 8.08. The molecular weight excluding hydrogens is 335 g/mol. The van der Waals surface area contributed by atoms with Gasteiger partial charge in [0.05, 0.1) is 11.3 Å². The van der Waals surface area contributed by atoms with Crippen molar-refractivity contribution in [2.24, 2.45) is 23.7 Å². The summed E-state index contributed by atoms with van der Waals surface area (Å²) in [5, 5.41) is 5.07. The molecule has 4 aliphatic carbocycles. The summed E-state index contributed by atoms with van der Waals surface area (Å²) < 4.78 is 19.6. The lowest BCUT2D eigenvalue weighted by atomic mass is 9.49. The van der Waals surface area contributed by atoms with Gasteiger partial charge in [0.15, 0.2) is 0 Å². The van der Waals surface area contributed by atoms with Crippen molar-refractivity contribution in [1.29, 1.82) is 0 Å². The number of amides is 2. The summed E-state index contributed by atoms with van der Waals surface area (Å²) in [4.78, 5) is 24.4. The second kappa shape index (κ2) is 6.65. The molecule has 0 aliphatic heterocycles. The summed E-state index contributed by atoms with van der Waals surface area (Å²) in [5.74, 6) is 0.297. The van der Waals surface area contributed by atoms with E-state index in [1.54, 1.807) is 13.2 Å². The van der Waals surface area contributed by atoms with E-state index >= 15 is 0 Å². The SMILES string of the molecule is COC1(CNC(=O)C(=O)Nc2ccccc2F)C2CC3CC(C2)CC1C3. The lowest BCUT2D eigenvalue weighted by molar-refractivity contribution is -0.188. The van der Waals surface area contributed by atoms with E-state index in [0.29, 0.717) is 18.4 Å². The molecule has 2 N–H and O–H groups in total. The zero-order valence-corrected chi connectivity index (χ0v) is 15.0. The minimum atomic E-state index is -0.856. The topological polar surface area (TPSA) is 67.4 Å². The zero-order chi connectivity index (χ0) is 18.3. The van der Waals surface area contributed by atoms with Crippen LogP contribution in [0, 0.1) is 29.5 Å². The lowest BCUT2D eigenvalue weighted by Gasteiger charge is -2.60. The summed E-state index contributed by atoms with van der Waals surface area (Å²) in [6, 6.07) is 5.79. The molecule has 5 nitrogen and oxygen atoms in total. The fourth-order valence-corrected chi connectivity index (χ4v) is 5.72. The first kappa shape index (κ1) is 17.5. The van der Waals surface area contributed by atoms with Gasteiger partial charge < -0.3 is 15.4 Å². The molecule has 0 atom stereocenters. The Labute approximate surface area is 152 Å². The Morgan fingerprint density at radius 3 is 2.27 bits per heavy atom. The average molecular weight is 360 g/mol. The van der Waals surface area contributed by atoms with Crippen LogP contribution in [0.3, 0.4) is 0 Å². The summed E-state index contributed by atoms with van der Waals surface area (Å²) in [6.07, 6.45) is 5.94. The van der Waals surface area contributed by atoms with E-state index in [1.165, 1.54) is 24.6 Å². The second-order valence-corrected chi connectivity index (χ2v) is 8.08. The Kier molecular flexibility index (Phi) is 4.47. The smallest absolute Gasteiger partial charge is 0.313 e. The van der Waals surface area contributed by atoms with E-state index in [-0.39, 0.29) is 11.3 Å². The van der Waals surface area contributed by atoms with Gasteiger partial charge in [0.25, 0.3) is 0 Å². The Morgan fingerprint density at radius 2 is 1.69 bits per heavy atom. The van der Waals surface area contributed by atoms with Crippen LogP contribution in [0.2, 0.25) is 0 Å². The fourth-order valence-electron chi connectivity index (χ4n) is 5.72. The number of hydrogen-bond donors (Lipinski definition) is 2. The molecule has 1 aromatic rings. The molecular formula is C20H25FN2O3. The van der Waals surface area contributed by atoms with E-state index in [9.17, 15) is 14.0 Å². The number of benzene rings is 1. The summed E-state index contributed by atoms with van der Waals surface area (Å²) in [6.45, 7) is 0.335. The number of carbonyl (C=O) groups excluding carboxylic acids is 2. The molecule has 0 heterocycles. The van der Waals surface area contributed by atoms with Crippen LogP contribution in [0.4, 0.5) is 10.1 Å². The van der Waals surface area contributed by atoms with Crippen LogP contribution in [0.1, 0.15) is 32.1 Å². The maximum Gasteiger partial charge on any atom is 0.313 e. The third-order valence-corrected chi connectivity index (χ3v) is 6.75. The highest BCUT2D eigenvalue weighted by molar-refractivity contribution is 6.39. The molecule has 4 saturated carbocycles. The first-order valence-corrected chi connectivity index (χ1v) is 9.40. The molecule has 0 aromatic heterocycles. The van der Waals surface area contributed by atoms with Crippen LogP contribution >= 0.6 is 0 Å². The number of rotatable bonds is 4. The van der Waals surface area contributed by atoms with Crippen LogP contribution in [0.15, 0.2) is 24.3 Å². The predicted molar refractivity (Wildman–Crippen MR) is 94.8 cm³/mol. The molecule has 1 aromatic carbocycles. The molecule has 0 saturated heterocycles. The van der Waals surface area contributed by atoms with Gasteiger partial charge in [-0.15, -0.1) is 0 Å². The summed E-state index contributed by atoms with van der Waals surface area (Å²) in [7, 11) is 1.72. The third-order valence-electron chi connectivity index (χ3n) is 6.75. The molecule has 0 unspecified atom stereocenters. The van der Waals surface area contributed by atoms with E-state index in [1.807, 2.05) is 0 Å². The van der Waals surface area contributed by atoms with Gasteiger partial charge in [-0.1, -0.05) is 12.1 Å². The quantitative estimate of drug-likeness (QED) is 0.812. The molecule has 26 heavy (non-hydrogen) atoms. The van der Waals surface area contributed by atoms with Crippen molar-refractivity contribution >= 4 is 17.5 Å². The maximum absolute atomic E-state index is 13.6. The minimum absolute atomic E-state index is 0.00345. The number of anilines is 1. The Bertz CT molecular complexity index is 693. The van der Waals surface area contributed by atoms with Crippen LogP contribution in [-0.2, 0) is 14.3 Å². The molecule has 2 amide bonds. The number of ether oxygens (including phenoxy) is 1. The molecule has 5 rings (SSSR count). The highest BCUT2D eigenvalue weighted by Gasteiger charge is 2.57. The van der Waals surface area contributed by atoms with E-state index in [0.717, 1.165) is 37.5 Å². The fraction of sp³-hybridized carbons (Fsp3) is 0.600. The van der Waals surface area contributed by atoms with Crippen LogP contribution in [0.5, 0.6) is 0 Å². The van der Waals surface area contributed by atoms with Crippen molar-refractivity contribution in [3.8, 4) is 0 Å². The van der Waals surface area contributed by atoms with Crippen LogP contribution < -0.4 is 10.6 Å². The average Bonchev–Trinajstić information content (AvgIpc) is 2.63. The van der Waals surface area contributed by atoms with Crippen molar-refractivity contribution in [2.45, 2.75) is 37.7 Å². The van der Waals surface area contributed by atoms with Crippen molar-refractivity contribution in [3.05, 3.63) is 30.1 Å². The maximum atomic E-state index is 13.6. The van der Waals surface area contributed by atoms with Crippen LogP contribution in [0.25, 0.3) is 0 Å². The van der Waals surface area contributed by atoms with E-state index < -0.39 is 17.6 Å². The largest absolute Gasteiger partial charge is 0.376 e. The van der Waals surface area contributed by atoms with Crippen LogP contribution in [-0.4, -0.2) is 31.1 Å². The number of carbonyl (C=O) groups is 2. The highest BCUT2D eigenvalue weighted by atomic mass is 19.1. The van der Waals surface area contributed by atoms with E-state index in [2.05, 4.69) is 10.6 Å². The first-order valence-electron chi connectivity index (χ1n) is 9.40. The first-order chi connectivity index (χ1) is 12.5. The molecule has 6 heteroatoms. The van der Waals surface area contributed by atoms with Crippen molar-refractivity contribution < 1.29 is 18.7 Å². The van der Waals surface area contributed by atoms with Gasteiger partial charge in [0.1, 0.15) is 5.82 Å². The van der Waals surface area contributed by atoms with Gasteiger partial charge in [-0.3, -0.25) is 9.59 Å². The number of nitrogens with one attached hydrogen (secondary N) is 2. The highest BCUT2D eigenvalue weighted by Crippen LogP contribution is 2.59. The van der Waals surface area contributed by atoms with Gasteiger partial charge >= 0.3 is 11.8 Å². The van der Waals surface area contributed by atoms with E-state index in [4.69, 9.17) is 4.74 Å². The van der Waals surface area contributed by atoms with Gasteiger partial charge in [-0.2, -0.15) is 0 Å². The van der Waals surface area contributed by atoms with Gasteiger partial charge in [0, 0.05) is 13.7 Å². The number of halogens is 1. The Balaban J connectivity index is 1.40. The summed E-state index contributed by atoms with van der Waals surface area (Å²) >= 11 is 0. The predicted octanol–water partition coefficient (Wildman–Crippen LogP) is 2.72. The Hall–Kier alpha value is -1.95. The van der Waals surface area contributed by atoms with Gasteiger partial charge in [0.2, 0.25) is 0 Å². The normalized spacial score (nSPS) is 34.5. The summed E-state index contributed by atoms with van der Waals surface area (Å²) in [5.41, 5.74) is -0.370. The standard InChI is InChI=1S/C20H25FN2O3/c1-26-20(14-7-12-6-13(9-14)10-15(20)8-12)11-22-18(24)19(25)23-17-5-3-2-4-16(17)21/h2-5,12-15H,6-11H2,1H3,(H,22,24)(H,23,25). The number of para-hydroxylation sites is 1. The third kappa shape index (κ3) is 2.90.